The summed E-state index contributed by atoms with van der Waals surface area (Å²) in [6.07, 6.45) is 20.4. The molecule has 0 spiro atoms. The molecule has 0 saturated carbocycles. The summed E-state index contributed by atoms with van der Waals surface area (Å²) < 4.78 is 6.34. The third kappa shape index (κ3) is 4.78. The molecule has 3 unspecified atom stereocenters. The molecule has 6 aromatic rings. The first-order valence-corrected chi connectivity index (χ1v) is 17.3. The number of benzene rings is 5. The number of fused-ring (bicyclic) bond motifs is 7. The summed E-state index contributed by atoms with van der Waals surface area (Å²) in [5.41, 5.74) is 8.57. The van der Waals surface area contributed by atoms with Gasteiger partial charge in [-0.2, -0.15) is 0 Å². The van der Waals surface area contributed by atoms with Gasteiger partial charge in [-0.05, 0) is 86.9 Å². The number of ether oxygens (including phenoxy) is 1. The van der Waals surface area contributed by atoms with Crippen LogP contribution in [0.4, 0.5) is 0 Å². The van der Waals surface area contributed by atoms with Crippen molar-refractivity contribution in [2.45, 2.75) is 37.2 Å². The van der Waals surface area contributed by atoms with Gasteiger partial charge in [0.25, 0.3) is 0 Å². The summed E-state index contributed by atoms with van der Waals surface area (Å²) in [7, 11) is 0. The molecule has 4 nitrogen and oxygen atoms in total. The molecular formula is C45H33N3O. The first-order chi connectivity index (χ1) is 24.3. The lowest BCUT2D eigenvalue weighted by atomic mass is 9.79. The summed E-state index contributed by atoms with van der Waals surface area (Å²) in [4.78, 5) is 15.6. The van der Waals surface area contributed by atoms with E-state index in [0.717, 1.165) is 59.0 Å². The van der Waals surface area contributed by atoms with E-state index in [1.807, 2.05) is 0 Å². The van der Waals surface area contributed by atoms with Crippen LogP contribution >= 0.6 is 0 Å². The van der Waals surface area contributed by atoms with Crippen LogP contribution in [-0.2, 0) is 6.42 Å². The Morgan fingerprint density at radius 2 is 1.53 bits per heavy atom. The lowest BCUT2D eigenvalue weighted by molar-refractivity contribution is 0.271. The quantitative estimate of drug-likeness (QED) is 0.182. The van der Waals surface area contributed by atoms with Crippen molar-refractivity contribution in [3.63, 3.8) is 0 Å². The van der Waals surface area contributed by atoms with Gasteiger partial charge in [-0.3, -0.25) is 0 Å². The van der Waals surface area contributed by atoms with Gasteiger partial charge in [0.15, 0.2) is 11.6 Å². The first kappa shape index (κ1) is 28.2. The van der Waals surface area contributed by atoms with E-state index in [9.17, 15) is 0 Å². The Bertz CT molecular complexity index is 2480. The van der Waals surface area contributed by atoms with Gasteiger partial charge in [-0.25, -0.2) is 15.0 Å². The Labute approximate surface area is 285 Å². The van der Waals surface area contributed by atoms with Crippen molar-refractivity contribution in [2.75, 3.05) is 0 Å². The van der Waals surface area contributed by atoms with Crippen molar-refractivity contribution in [2.24, 2.45) is 0 Å². The SMILES string of the molecule is C1=CCCC(c2nc(-c3cc4ccccc4c4ccccc34)nc(C3C=Cc4ccc(C5=CC=CC6Oc7ccccc7C56)cc4C3)n2)=C1. The topological polar surface area (TPSA) is 47.9 Å². The number of nitrogens with zero attached hydrogens (tertiary/aromatic N) is 3. The fourth-order valence-corrected chi connectivity index (χ4v) is 8.06. The maximum absolute atomic E-state index is 6.34. The predicted octanol–water partition coefficient (Wildman–Crippen LogP) is 10.4. The second kappa shape index (κ2) is 11.4. The van der Waals surface area contributed by atoms with Crippen molar-refractivity contribution in [1.82, 2.24) is 15.0 Å². The summed E-state index contributed by atoms with van der Waals surface area (Å²) in [5.74, 6) is 3.53. The van der Waals surface area contributed by atoms with Crippen LogP contribution in [0.5, 0.6) is 5.75 Å². The lowest BCUT2D eigenvalue weighted by Crippen LogP contribution is -2.19. The van der Waals surface area contributed by atoms with Crippen molar-refractivity contribution in [1.29, 1.82) is 0 Å². The third-order valence-corrected chi connectivity index (χ3v) is 10.5. The van der Waals surface area contributed by atoms with E-state index in [1.165, 1.54) is 44.0 Å². The van der Waals surface area contributed by atoms with Crippen molar-refractivity contribution in [3.8, 4) is 17.1 Å². The molecule has 4 aliphatic rings. The molecule has 0 N–H and O–H groups in total. The van der Waals surface area contributed by atoms with Crippen LogP contribution in [0.1, 0.15) is 58.6 Å². The maximum Gasteiger partial charge on any atom is 0.164 e. The summed E-state index contributed by atoms with van der Waals surface area (Å²) in [6, 6.07) is 34.8. The standard InChI is InChI=1S/C45H33N3O/c1-2-11-29(12-3-1)43-46-44(48-45(47-43)39-27-30-13-4-5-14-34(30)36-15-6-7-16-37(36)39)32-24-22-28-21-23-31(25-33(28)26-32)35-18-10-20-41-42(35)38-17-8-9-19-40(38)49-41/h1-2,4-11,13-25,27,32,41-42H,3,12,26H2. The highest BCUT2D eigenvalue weighted by Crippen LogP contribution is 2.48. The fourth-order valence-electron chi connectivity index (χ4n) is 8.06. The predicted molar refractivity (Wildman–Crippen MR) is 199 cm³/mol. The Morgan fingerprint density at radius 3 is 2.45 bits per heavy atom. The van der Waals surface area contributed by atoms with Crippen LogP contribution in [0.25, 0.3) is 50.2 Å². The summed E-state index contributed by atoms with van der Waals surface area (Å²) in [6.45, 7) is 0. The molecule has 2 heterocycles. The van der Waals surface area contributed by atoms with E-state index in [1.54, 1.807) is 0 Å². The Balaban J connectivity index is 1.07. The zero-order chi connectivity index (χ0) is 32.3. The molecule has 3 atom stereocenters. The lowest BCUT2D eigenvalue weighted by Gasteiger charge is -2.25. The highest BCUT2D eigenvalue weighted by atomic mass is 16.5. The zero-order valence-corrected chi connectivity index (χ0v) is 27.0. The van der Waals surface area contributed by atoms with Crippen LogP contribution in [0, 0.1) is 0 Å². The normalized spacial score (nSPS) is 20.4. The fraction of sp³-hybridized carbons (Fsp3) is 0.133. The second-order valence-corrected chi connectivity index (χ2v) is 13.4. The Morgan fingerprint density at radius 1 is 0.694 bits per heavy atom. The third-order valence-electron chi connectivity index (χ3n) is 10.5. The smallest absolute Gasteiger partial charge is 0.164 e. The highest BCUT2D eigenvalue weighted by molar-refractivity contribution is 6.13. The minimum absolute atomic E-state index is 0.0261. The molecule has 0 radical (unpaired) electrons. The van der Waals surface area contributed by atoms with E-state index in [4.69, 9.17) is 19.7 Å². The number of hydrogen-bond acceptors (Lipinski definition) is 4. The molecule has 0 saturated heterocycles. The van der Waals surface area contributed by atoms with Crippen LogP contribution in [-0.4, -0.2) is 21.1 Å². The van der Waals surface area contributed by atoms with Gasteiger partial charge < -0.3 is 4.74 Å². The minimum atomic E-state index is 0.0261. The zero-order valence-electron chi connectivity index (χ0n) is 27.0. The van der Waals surface area contributed by atoms with E-state index in [-0.39, 0.29) is 17.9 Å². The van der Waals surface area contributed by atoms with Crippen LogP contribution in [0.3, 0.4) is 0 Å². The molecular weight excluding hydrogens is 599 g/mol. The Kier molecular flexibility index (Phi) is 6.54. The van der Waals surface area contributed by atoms with Gasteiger partial charge in [-0.1, -0.05) is 127 Å². The van der Waals surface area contributed by atoms with Crippen molar-refractivity contribution >= 4 is 38.8 Å². The number of aromatic nitrogens is 3. The molecule has 5 aromatic carbocycles. The Hall–Kier alpha value is -5.87. The first-order valence-electron chi connectivity index (χ1n) is 17.3. The number of hydrogen-bond donors (Lipinski definition) is 0. The molecule has 234 valence electrons. The van der Waals surface area contributed by atoms with E-state index < -0.39 is 0 Å². The van der Waals surface area contributed by atoms with E-state index in [0.29, 0.717) is 0 Å². The van der Waals surface area contributed by atoms with E-state index >= 15 is 0 Å². The number of allylic oxidation sites excluding steroid dienone is 7. The highest BCUT2D eigenvalue weighted by Gasteiger charge is 2.37. The van der Waals surface area contributed by atoms with Gasteiger partial charge in [0.2, 0.25) is 0 Å². The minimum Gasteiger partial charge on any atom is -0.485 e. The van der Waals surface area contributed by atoms with Crippen LogP contribution in [0.15, 0.2) is 140 Å². The molecule has 10 rings (SSSR count). The van der Waals surface area contributed by atoms with Crippen LogP contribution in [0.2, 0.25) is 0 Å². The number of para-hydroxylation sites is 1. The van der Waals surface area contributed by atoms with Gasteiger partial charge in [0.05, 0.1) is 5.92 Å². The van der Waals surface area contributed by atoms with Crippen molar-refractivity contribution < 1.29 is 4.74 Å². The monoisotopic (exact) mass is 631 g/mol. The van der Waals surface area contributed by atoms with Crippen molar-refractivity contribution in [3.05, 3.63) is 173 Å². The number of rotatable bonds is 4. The molecule has 1 aromatic heterocycles. The molecule has 1 aliphatic heterocycles. The largest absolute Gasteiger partial charge is 0.485 e. The average molecular weight is 632 g/mol. The molecule has 49 heavy (non-hydrogen) atoms. The van der Waals surface area contributed by atoms with Crippen LogP contribution < -0.4 is 4.74 Å². The summed E-state index contributed by atoms with van der Waals surface area (Å²) >= 11 is 0. The van der Waals surface area contributed by atoms with Gasteiger partial charge in [0, 0.05) is 17.0 Å². The second-order valence-electron chi connectivity index (χ2n) is 13.4. The molecule has 4 heteroatoms. The molecule has 3 aliphatic carbocycles. The molecule has 0 bridgehead atoms. The molecule has 0 fully saturated rings. The molecule has 0 amide bonds. The van der Waals surface area contributed by atoms with Gasteiger partial charge in [0.1, 0.15) is 17.7 Å². The van der Waals surface area contributed by atoms with E-state index in [2.05, 4.69) is 146 Å². The van der Waals surface area contributed by atoms with Gasteiger partial charge in [-0.15, -0.1) is 0 Å². The average Bonchev–Trinajstić information content (AvgIpc) is 3.56. The summed E-state index contributed by atoms with van der Waals surface area (Å²) in [5, 5.41) is 4.79. The maximum atomic E-state index is 6.34. The van der Waals surface area contributed by atoms with Gasteiger partial charge >= 0.3 is 0 Å².